The summed E-state index contributed by atoms with van der Waals surface area (Å²) in [6.07, 6.45) is -3.30. The molecule has 29 heavy (non-hydrogen) atoms. The van der Waals surface area contributed by atoms with Gasteiger partial charge in [-0.2, -0.15) is 0 Å². The van der Waals surface area contributed by atoms with E-state index in [1.807, 2.05) is 0 Å². The number of thiocarbonyl (C=S) groups is 1. The fourth-order valence-corrected chi connectivity index (χ4v) is 2.49. The quantitative estimate of drug-likeness (QED) is 0.347. The van der Waals surface area contributed by atoms with Crippen LogP contribution in [0.1, 0.15) is 62.3 Å². The van der Waals surface area contributed by atoms with Crippen molar-refractivity contribution in [3.8, 4) is 0 Å². The molecule has 0 spiro atoms. The third-order valence-corrected chi connectivity index (χ3v) is 3.56. The van der Waals surface area contributed by atoms with Crippen LogP contribution in [0.2, 0.25) is 0 Å². The predicted molar refractivity (Wildman–Crippen MR) is 110 cm³/mol. The van der Waals surface area contributed by atoms with Crippen molar-refractivity contribution < 1.29 is 33.3 Å². The van der Waals surface area contributed by atoms with Crippen LogP contribution in [0.4, 0.5) is 14.4 Å². The largest absolute Gasteiger partial charge is 0.509 e. The molecule has 0 bridgehead atoms. The molecular weight excluding hydrogens is 400 g/mol. The van der Waals surface area contributed by atoms with Crippen LogP contribution in [0.25, 0.3) is 0 Å². The van der Waals surface area contributed by atoms with Gasteiger partial charge in [0.15, 0.2) is 5.11 Å². The van der Waals surface area contributed by atoms with Gasteiger partial charge in [-0.3, -0.25) is 0 Å². The van der Waals surface area contributed by atoms with Crippen LogP contribution < -0.4 is 0 Å². The van der Waals surface area contributed by atoms with Crippen molar-refractivity contribution in [1.29, 1.82) is 0 Å². The summed E-state index contributed by atoms with van der Waals surface area (Å²) in [5, 5.41) is -0.0856. The summed E-state index contributed by atoms with van der Waals surface area (Å²) in [6.45, 7) is 15.2. The Kier molecular flexibility index (Phi) is 7.50. The summed E-state index contributed by atoms with van der Waals surface area (Å²) < 4.78 is 21.2. The maximum absolute atomic E-state index is 12.6. The van der Waals surface area contributed by atoms with Gasteiger partial charge >= 0.3 is 18.3 Å². The Morgan fingerprint density at radius 2 is 1.10 bits per heavy atom. The molecule has 1 aliphatic heterocycles. The lowest BCUT2D eigenvalue weighted by Crippen LogP contribution is -2.61. The van der Waals surface area contributed by atoms with E-state index in [4.69, 9.17) is 31.2 Å². The second-order valence-electron chi connectivity index (χ2n) is 9.67. The summed E-state index contributed by atoms with van der Waals surface area (Å²) in [5.41, 5.74) is -2.30. The van der Waals surface area contributed by atoms with Crippen LogP contribution in [-0.4, -0.2) is 69.3 Å². The van der Waals surface area contributed by atoms with E-state index in [2.05, 4.69) is 0 Å². The molecule has 0 radical (unpaired) electrons. The molecule has 0 aliphatic carbocycles. The van der Waals surface area contributed by atoms with Crippen molar-refractivity contribution >= 4 is 35.7 Å². The Morgan fingerprint density at radius 1 is 0.759 bits per heavy atom. The normalized spacial score (nSPS) is 16.4. The molecule has 0 aromatic rings. The van der Waals surface area contributed by atoms with E-state index in [1.165, 1.54) is 0 Å². The van der Waals surface area contributed by atoms with Crippen molar-refractivity contribution in [2.75, 3.05) is 13.1 Å². The fraction of sp³-hybridized carbons (Fsp3) is 0.789. The zero-order valence-corrected chi connectivity index (χ0v) is 19.5. The molecule has 0 unspecified atom stereocenters. The Balaban J connectivity index is 3.06. The van der Waals surface area contributed by atoms with E-state index in [-0.39, 0.29) is 18.2 Å². The number of hydrogen-bond donors (Lipinski definition) is 0. The van der Waals surface area contributed by atoms with E-state index in [1.54, 1.807) is 62.3 Å². The van der Waals surface area contributed by atoms with E-state index in [0.29, 0.717) is 0 Å². The summed E-state index contributed by atoms with van der Waals surface area (Å²) in [5.74, 6) is 0. The van der Waals surface area contributed by atoms with Gasteiger partial charge in [-0.15, -0.1) is 0 Å². The monoisotopic (exact) mass is 432 g/mol. The molecule has 10 heteroatoms. The highest BCUT2D eigenvalue weighted by atomic mass is 32.1. The number of hydrogen-bond acceptors (Lipinski definition) is 8. The Morgan fingerprint density at radius 3 is 1.41 bits per heavy atom. The summed E-state index contributed by atoms with van der Waals surface area (Å²) in [4.78, 5) is 39.4. The Hall–Kier alpha value is -2.10. The van der Waals surface area contributed by atoms with Gasteiger partial charge in [-0.05, 0) is 74.5 Å². The second kappa shape index (κ2) is 8.73. The predicted octanol–water partition coefficient (Wildman–Crippen LogP) is 4.08. The molecule has 1 rings (SSSR count). The maximum atomic E-state index is 12.6. The molecule has 1 heterocycles. The zero-order chi connectivity index (χ0) is 22.8. The van der Waals surface area contributed by atoms with E-state index < -0.39 is 41.2 Å². The molecule has 1 aliphatic rings. The SMILES string of the molecule is CC(C)(C)OC(=O)OC1CN(C(=O)OC(C)(C)C)C(=S)N(C(=O)OC(C)(C)C)C1. The first kappa shape index (κ1) is 24.9. The van der Waals surface area contributed by atoms with Gasteiger partial charge in [0, 0.05) is 0 Å². The number of amides is 2. The molecular formula is C19H32N2O7S. The molecule has 0 aromatic carbocycles. The summed E-state index contributed by atoms with van der Waals surface area (Å²) >= 11 is 5.31. The number of rotatable bonds is 1. The van der Waals surface area contributed by atoms with Crippen molar-refractivity contribution in [3.63, 3.8) is 0 Å². The van der Waals surface area contributed by atoms with Crippen LogP contribution in [0.15, 0.2) is 0 Å². The van der Waals surface area contributed by atoms with Gasteiger partial charge in [-0.25, -0.2) is 24.2 Å². The standard InChI is InChI=1S/C19H32N2O7S/c1-17(2,3)26-14(22)20-10-12(25-16(24)28-19(7,8)9)11-21(13(20)29)15(23)27-18(4,5)6/h12H,10-11H2,1-9H3. The molecule has 0 aromatic heterocycles. The molecule has 166 valence electrons. The minimum Gasteiger partial charge on any atom is -0.443 e. The first-order valence-electron chi connectivity index (χ1n) is 9.32. The second-order valence-corrected chi connectivity index (χ2v) is 10.0. The molecule has 9 nitrogen and oxygen atoms in total. The van der Waals surface area contributed by atoms with Gasteiger partial charge in [-0.1, -0.05) is 0 Å². The summed E-state index contributed by atoms with van der Waals surface area (Å²) in [6, 6.07) is 0. The number of carbonyl (C=O) groups excluding carboxylic acids is 3. The maximum Gasteiger partial charge on any atom is 0.509 e. The van der Waals surface area contributed by atoms with E-state index in [0.717, 1.165) is 9.80 Å². The molecule has 1 saturated heterocycles. The molecule has 2 amide bonds. The topological polar surface area (TPSA) is 94.6 Å². The Labute approximate surface area is 177 Å². The van der Waals surface area contributed by atoms with Crippen molar-refractivity contribution in [2.24, 2.45) is 0 Å². The molecule has 0 atom stereocenters. The third kappa shape index (κ3) is 8.84. The third-order valence-electron chi connectivity index (χ3n) is 3.11. The Bertz CT molecular complexity index is 619. The highest BCUT2D eigenvalue weighted by Crippen LogP contribution is 2.21. The lowest BCUT2D eigenvalue weighted by molar-refractivity contribution is -0.0444. The first-order chi connectivity index (χ1) is 12.9. The number of carbonyl (C=O) groups is 3. The highest BCUT2D eigenvalue weighted by Gasteiger charge is 2.41. The fourth-order valence-electron chi connectivity index (χ4n) is 2.19. The van der Waals surface area contributed by atoms with Gasteiger partial charge < -0.3 is 18.9 Å². The van der Waals surface area contributed by atoms with Crippen molar-refractivity contribution in [3.05, 3.63) is 0 Å². The lowest BCUT2D eigenvalue weighted by Gasteiger charge is -2.40. The van der Waals surface area contributed by atoms with Gasteiger partial charge in [0.25, 0.3) is 0 Å². The van der Waals surface area contributed by atoms with E-state index >= 15 is 0 Å². The van der Waals surface area contributed by atoms with Crippen LogP contribution in [0.5, 0.6) is 0 Å². The zero-order valence-electron chi connectivity index (χ0n) is 18.7. The highest BCUT2D eigenvalue weighted by molar-refractivity contribution is 7.80. The van der Waals surface area contributed by atoms with Crippen molar-refractivity contribution in [2.45, 2.75) is 85.2 Å². The van der Waals surface area contributed by atoms with E-state index in [9.17, 15) is 14.4 Å². The average molecular weight is 433 g/mol. The molecule has 0 N–H and O–H groups in total. The van der Waals surface area contributed by atoms with Crippen LogP contribution in [0, 0.1) is 0 Å². The van der Waals surface area contributed by atoms with Crippen molar-refractivity contribution in [1.82, 2.24) is 9.80 Å². The minimum absolute atomic E-state index is 0.0771. The van der Waals surface area contributed by atoms with Crippen LogP contribution in [-0.2, 0) is 18.9 Å². The van der Waals surface area contributed by atoms with Crippen LogP contribution >= 0.6 is 12.2 Å². The summed E-state index contributed by atoms with van der Waals surface area (Å²) in [7, 11) is 0. The first-order valence-corrected chi connectivity index (χ1v) is 9.73. The molecule has 1 fully saturated rings. The van der Waals surface area contributed by atoms with Gasteiger partial charge in [0.2, 0.25) is 0 Å². The van der Waals surface area contributed by atoms with Gasteiger partial charge in [0.05, 0.1) is 13.1 Å². The van der Waals surface area contributed by atoms with Gasteiger partial charge in [0.1, 0.15) is 22.9 Å². The number of ether oxygens (including phenoxy) is 4. The average Bonchev–Trinajstić information content (AvgIpc) is 2.42. The number of nitrogens with zero attached hydrogens (tertiary/aromatic N) is 2. The lowest BCUT2D eigenvalue weighted by atomic mass is 10.2. The minimum atomic E-state index is -0.913. The molecule has 0 saturated carbocycles. The smallest absolute Gasteiger partial charge is 0.443 e. The van der Waals surface area contributed by atoms with Crippen LogP contribution in [0.3, 0.4) is 0 Å².